The van der Waals surface area contributed by atoms with Crippen LogP contribution in [0.25, 0.3) is 0 Å². The first-order chi connectivity index (χ1) is 6.22. The Bertz CT molecular complexity index is 186. The van der Waals surface area contributed by atoms with Gasteiger partial charge in [-0.15, -0.1) is 0 Å². The Hall–Kier alpha value is -0.240. The molecule has 0 aromatic rings. The molecule has 6 heteroatoms. The number of hydrogen-bond donors (Lipinski definition) is 2. The van der Waals surface area contributed by atoms with E-state index in [1.807, 2.05) is 0 Å². The Morgan fingerprint density at radius 3 is 2.77 bits per heavy atom. The van der Waals surface area contributed by atoms with Crippen LogP contribution in [0.2, 0.25) is 0 Å². The van der Waals surface area contributed by atoms with Crippen LogP contribution in [0.4, 0.5) is 0 Å². The first-order valence-corrected chi connectivity index (χ1v) is 4.04. The molecule has 5 unspecified atom stereocenters. The minimum Gasteiger partial charge on any atom is -0.385 e. The summed E-state index contributed by atoms with van der Waals surface area (Å²) in [6.45, 7) is -0.582. The summed E-state index contributed by atoms with van der Waals surface area (Å²) in [6.07, 6.45) is -3.24. The van der Waals surface area contributed by atoms with E-state index in [1.165, 1.54) is 7.11 Å². The van der Waals surface area contributed by atoms with Crippen molar-refractivity contribution in [3.8, 4) is 0 Å². The predicted molar refractivity (Wildman–Crippen MR) is 38.5 cm³/mol. The maximum Gasteiger partial charge on any atom is 0.272 e. The lowest BCUT2D eigenvalue weighted by Gasteiger charge is -2.31. The normalized spacial score (nSPS) is 50.5. The fourth-order valence-electron chi connectivity index (χ4n) is 1.47. The van der Waals surface area contributed by atoms with Crippen molar-refractivity contribution in [2.75, 3.05) is 13.7 Å². The summed E-state index contributed by atoms with van der Waals surface area (Å²) in [6, 6.07) is 0. The molecule has 0 bridgehead atoms. The van der Waals surface area contributed by atoms with Crippen LogP contribution < -0.4 is 0 Å². The maximum absolute atomic E-state index is 9.43. The predicted octanol–water partition coefficient (Wildman–Crippen LogP) is -1.59. The monoisotopic (exact) mass is 192 g/mol. The van der Waals surface area contributed by atoms with E-state index in [2.05, 4.69) is 0 Å². The average Bonchev–Trinajstić information content (AvgIpc) is 2.55. The van der Waals surface area contributed by atoms with Crippen molar-refractivity contribution in [3.63, 3.8) is 0 Å². The highest BCUT2D eigenvalue weighted by Gasteiger charge is 2.47. The first kappa shape index (κ1) is 9.32. The van der Waals surface area contributed by atoms with Gasteiger partial charge in [0, 0.05) is 7.11 Å². The highest BCUT2D eigenvalue weighted by Crippen LogP contribution is 2.27. The van der Waals surface area contributed by atoms with E-state index in [4.69, 9.17) is 24.1 Å². The molecule has 0 radical (unpaired) electrons. The number of rotatable bonds is 1. The Morgan fingerprint density at radius 1 is 1.31 bits per heavy atom. The van der Waals surface area contributed by atoms with Gasteiger partial charge in [0.05, 0.1) is 6.61 Å². The SMILES string of the molecule is COC1OC2COC(O)C(O)C2O1. The Labute approximate surface area is 75.0 Å². The second-order valence-corrected chi connectivity index (χ2v) is 3.01. The fourth-order valence-corrected chi connectivity index (χ4v) is 1.47. The standard InChI is InChI=1S/C7H12O6/c1-10-7-12-3-2-11-6(9)4(8)5(3)13-7/h3-9H,2H2,1H3. The van der Waals surface area contributed by atoms with Crippen LogP contribution in [-0.2, 0) is 18.9 Å². The molecule has 0 aromatic carbocycles. The van der Waals surface area contributed by atoms with Crippen LogP contribution in [0, 0.1) is 0 Å². The van der Waals surface area contributed by atoms with Crippen molar-refractivity contribution in [2.24, 2.45) is 0 Å². The van der Waals surface area contributed by atoms with Gasteiger partial charge in [0.15, 0.2) is 6.29 Å². The van der Waals surface area contributed by atoms with Crippen molar-refractivity contribution in [3.05, 3.63) is 0 Å². The van der Waals surface area contributed by atoms with Gasteiger partial charge in [-0.2, -0.15) is 0 Å². The van der Waals surface area contributed by atoms with Gasteiger partial charge < -0.3 is 29.2 Å². The van der Waals surface area contributed by atoms with E-state index in [9.17, 15) is 5.11 Å². The zero-order chi connectivity index (χ0) is 9.42. The molecule has 2 saturated heterocycles. The van der Waals surface area contributed by atoms with Gasteiger partial charge in [0.2, 0.25) is 0 Å². The summed E-state index contributed by atoms with van der Waals surface area (Å²) in [5.74, 6) is 0. The minimum absolute atomic E-state index is 0.197. The highest BCUT2D eigenvalue weighted by molar-refractivity contribution is 4.87. The number of aliphatic hydroxyl groups excluding tert-OH is 2. The van der Waals surface area contributed by atoms with E-state index in [0.29, 0.717) is 0 Å². The lowest BCUT2D eigenvalue weighted by atomic mass is 10.1. The van der Waals surface area contributed by atoms with Gasteiger partial charge in [-0.25, -0.2) is 0 Å². The summed E-state index contributed by atoms with van der Waals surface area (Å²) in [5, 5.41) is 18.6. The van der Waals surface area contributed by atoms with Crippen molar-refractivity contribution < 1.29 is 29.2 Å². The van der Waals surface area contributed by atoms with E-state index < -0.39 is 25.0 Å². The third kappa shape index (κ3) is 1.56. The molecule has 2 rings (SSSR count). The largest absolute Gasteiger partial charge is 0.385 e. The van der Waals surface area contributed by atoms with E-state index >= 15 is 0 Å². The smallest absolute Gasteiger partial charge is 0.272 e. The zero-order valence-electron chi connectivity index (χ0n) is 7.12. The summed E-state index contributed by atoms with van der Waals surface area (Å²) in [4.78, 5) is 0. The molecule has 0 aromatic heterocycles. The third-order valence-corrected chi connectivity index (χ3v) is 2.17. The molecule has 6 nitrogen and oxygen atoms in total. The third-order valence-electron chi connectivity index (χ3n) is 2.17. The Morgan fingerprint density at radius 2 is 2.08 bits per heavy atom. The molecule has 2 N–H and O–H groups in total. The number of fused-ring (bicyclic) bond motifs is 1. The Kier molecular flexibility index (Phi) is 2.50. The topological polar surface area (TPSA) is 77.4 Å². The van der Waals surface area contributed by atoms with Crippen LogP contribution >= 0.6 is 0 Å². The molecule has 2 aliphatic rings. The van der Waals surface area contributed by atoms with Crippen molar-refractivity contribution in [1.82, 2.24) is 0 Å². The quantitative estimate of drug-likeness (QED) is 0.521. The van der Waals surface area contributed by atoms with Crippen molar-refractivity contribution in [1.29, 1.82) is 0 Å². The number of aliphatic hydroxyl groups is 2. The molecule has 0 aliphatic carbocycles. The van der Waals surface area contributed by atoms with Crippen molar-refractivity contribution >= 4 is 0 Å². The Balaban J connectivity index is 2.02. The molecule has 76 valence electrons. The first-order valence-electron chi connectivity index (χ1n) is 4.04. The lowest BCUT2D eigenvalue weighted by molar-refractivity contribution is -0.239. The van der Waals surface area contributed by atoms with Crippen LogP contribution in [-0.4, -0.2) is 55.0 Å². The maximum atomic E-state index is 9.43. The summed E-state index contributed by atoms with van der Waals surface area (Å²) >= 11 is 0. The molecule has 0 spiro atoms. The van der Waals surface area contributed by atoms with Gasteiger partial charge >= 0.3 is 0 Å². The summed E-state index contributed by atoms with van der Waals surface area (Å²) < 4.78 is 20.0. The van der Waals surface area contributed by atoms with Crippen LogP contribution in [0.5, 0.6) is 0 Å². The molecule has 13 heavy (non-hydrogen) atoms. The van der Waals surface area contributed by atoms with Gasteiger partial charge in [-0.1, -0.05) is 0 Å². The average molecular weight is 192 g/mol. The molecule has 2 fully saturated rings. The summed E-state index contributed by atoms with van der Waals surface area (Å²) in [5.41, 5.74) is 0. The number of hydrogen-bond acceptors (Lipinski definition) is 6. The molecule has 2 aliphatic heterocycles. The van der Waals surface area contributed by atoms with Gasteiger partial charge in [0.1, 0.15) is 18.3 Å². The molecule has 2 heterocycles. The van der Waals surface area contributed by atoms with Crippen LogP contribution in [0.3, 0.4) is 0 Å². The van der Waals surface area contributed by atoms with E-state index in [-0.39, 0.29) is 12.7 Å². The van der Waals surface area contributed by atoms with Gasteiger partial charge in [-0.05, 0) is 0 Å². The van der Waals surface area contributed by atoms with Crippen molar-refractivity contribution in [2.45, 2.75) is 31.1 Å². The molecule has 0 amide bonds. The number of ether oxygens (including phenoxy) is 4. The van der Waals surface area contributed by atoms with Crippen LogP contribution in [0.1, 0.15) is 0 Å². The molecule has 5 atom stereocenters. The van der Waals surface area contributed by atoms with Gasteiger partial charge in [-0.3, -0.25) is 0 Å². The van der Waals surface area contributed by atoms with E-state index in [1.54, 1.807) is 0 Å². The second-order valence-electron chi connectivity index (χ2n) is 3.01. The fraction of sp³-hybridized carbons (Fsp3) is 1.00. The number of methoxy groups -OCH3 is 1. The molecule has 0 saturated carbocycles. The minimum atomic E-state index is -1.21. The van der Waals surface area contributed by atoms with Crippen LogP contribution in [0.15, 0.2) is 0 Å². The second kappa shape index (κ2) is 3.49. The van der Waals surface area contributed by atoms with E-state index in [0.717, 1.165) is 0 Å². The zero-order valence-corrected chi connectivity index (χ0v) is 7.12. The van der Waals surface area contributed by atoms with Gasteiger partial charge in [0.25, 0.3) is 6.48 Å². The lowest BCUT2D eigenvalue weighted by Crippen LogP contribution is -2.51. The highest BCUT2D eigenvalue weighted by atomic mass is 16.9. The summed E-state index contributed by atoms with van der Waals surface area (Å²) in [7, 11) is 1.44. The molecular formula is C7H12O6. The molecular weight excluding hydrogens is 180 g/mol.